The van der Waals surface area contributed by atoms with E-state index in [2.05, 4.69) is 36.2 Å². The van der Waals surface area contributed by atoms with Gasteiger partial charge in [-0.15, -0.1) is 0 Å². The number of hydrogen-bond donors (Lipinski definition) is 0. The van der Waals surface area contributed by atoms with Gasteiger partial charge < -0.3 is 0 Å². The number of benzene rings is 1. The molecule has 0 aliphatic heterocycles. The zero-order valence-corrected chi connectivity index (χ0v) is 8.09. The van der Waals surface area contributed by atoms with Gasteiger partial charge in [-0.2, -0.15) is 0 Å². The molecule has 0 aromatic heterocycles. The average molecular weight is 210 g/mol. The van der Waals surface area contributed by atoms with Gasteiger partial charge in [0, 0.05) is 0 Å². The Morgan fingerprint density at radius 1 is 1.36 bits per heavy atom. The summed E-state index contributed by atoms with van der Waals surface area (Å²) in [4.78, 5) is 2.19. The molecule has 0 amide bonds. The topological polar surface area (TPSA) is 23.8 Å². The van der Waals surface area contributed by atoms with Crippen LogP contribution in [-0.4, -0.2) is 15.0 Å². The molecule has 1 nitrogen and oxygen atoms in total. The number of rotatable bonds is 2. The maximum absolute atomic E-state index is 8.36. The van der Waals surface area contributed by atoms with Crippen LogP contribution in [0.15, 0.2) is 24.3 Å². The molecular formula is C9H9NSe. The second-order valence-electron chi connectivity index (χ2n) is 2.37. The fraction of sp³-hybridized carbons (Fsp3) is 0.222. The van der Waals surface area contributed by atoms with Crippen molar-refractivity contribution in [3.63, 3.8) is 0 Å². The summed E-state index contributed by atoms with van der Waals surface area (Å²) in [7, 11) is 0. The first kappa shape index (κ1) is 8.33. The summed E-state index contributed by atoms with van der Waals surface area (Å²) in [5.74, 6) is 0. The summed E-state index contributed by atoms with van der Waals surface area (Å²) < 4.78 is 0. The summed E-state index contributed by atoms with van der Waals surface area (Å²) in [6.07, 6.45) is 0. The van der Waals surface area contributed by atoms with Gasteiger partial charge in [0.25, 0.3) is 0 Å². The van der Waals surface area contributed by atoms with Crippen molar-refractivity contribution in [1.29, 1.82) is 5.26 Å². The molecular weight excluding hydrogens is 201 g/mol. The molecule has 0 unspecified atom stereocenters. The van der Waals surface area contributed by atoms with Crippen LogP contribution in [0.4, 0.5) is 0 Å². The SMILES string of the molecule is Cc1ccc(C[Se]C#N)cc1. The third-order valence-electron chi connectivity index (χ3n) is 1.42. The minimum absolute atomic E-state index is 0.120. The van der Waals surface area contributed by atoms with E-state index in [4.69, 9.17) is 5.26 Å². The van der Waals surface area contributed by atoms with Crippen molar-refractivity contribution in [3.8, 4) is 4.97 Å². The molecule has 2 heteroatoms. The molecule has 0 saturated carbocycles. The molecule has 0 spiro atoms. The molecule has 0 aliphatic rings. The quantitative estimate of drug-likeness (QED) is 0.681. The molecule has 0 aliphatic carbocycles. The van der Waals surface area contributed by atoms with Crippen LogP contribution in [-0.2, 0) is 5.32 Å². The van der Waals surface area contributed by atoms with Crippen molar-refractivity contribution >= 4 is 15.0 Å². The third-order valence-corrected chi connectivity index (χ3v) is 2.70. The van der Waals surface area contributed by atoms with E-state index in [0.29, 0.717) is 0 Å². The first-order chi connectivity index (χ1) is 5.33. The van der Waals surface area contributed by atoms with Crippen LogP contribution in [0.1, 0.15) is 11.1 Å². The molecule has 56 valence electrons. The van der Waals surface area contributed by atoms with Gasteiger partial charge in [-0.25, -0.2) is 0 Å². The summed E-state index contributed by atoms with van der Waals surface area (Å²) >= 11 is 0.120. The number of aryl methyl sites for hydroxylation is 1. The van der Waals surface area contributed by atoms with Crippen molar-refractivity contribution in [2.24, 2.45) is 0 Å². The molecule has 0 bridgehead atoms. The normalized spacial score (nSPS) is 9.09. The Bertz CT molecular complexity index is 258. The Hall–Kier alpha value is -0.771. The van der Waals surface area contributed by atoms with Gasteiger partial charge in [0.1, 0.15) is 0 Å². The van der Waals surface area contributed by atoms with Crippen LogP contribution in [0.2, 0.25) is 0 Å². The van der Waals surface area contributed by atoms with Gasteiger partial charge in [-0.1, -0.05) is 0 Å². The predicted octanol–water partition coefficient (Wildman–Crippen LogP) is 1.68. The van der Waals surface area contributed by atoms with Gasteiger partial charge in [-0.3, -0.25) is 0 Å². The summed E-state index contributed by atoms with van der Waals surface area (Å²) in [6.45, 7) is 2.07. The van der Waals surface area contributed by atoms with Crippen LogP contribution in [0.5, 0.6) is 0 Å². The molecule has 0 fully saturated rings. The van der Waals surface area contributed by atoms with Gasteiger partial charge in [-0.05, 0) is 0 Å². The molecule has 1 aromatic carbocycles. The first-order valence-corrected chi connectivity index (χ1v) is 5.46. The van der Waals surface area contributed by atoms with Gasteiger partial charge >= 0.3 is 72.8 Å². The zero-order chi connectivity index (χ0) is 8.10. The number of nitrogens with zero attached hydrogens (tertiary/aromatic N) is 1. The molecule has 0 atom stereocenters. The Labute approximate surface area is 73.2 Å². The van der Waals surface area contributed by atoms with Crippen molar-refractivity contribution < 1.29 is 0 Å². The molecule has 0 N–H and O–H groups in total. The fourth-order valence-corrected chi connectivity index (χ4v) is 1.69. The van der Waals surface area contributed by atoms with Crippen LogP contribution < -0.4 is 0 Å². The third kappa shape index (κ3) is 2.76. The minimum atomic E-state index is 0.120. The van der Waals surface area contributed by atoms with E-state index < -0.39 is 0 Å². The number of nitriles is 1. The second kappa shape index (κ2) is 4.18. The van der Waals surface area contributed by atoms with E-state index in [-0.39, 0.29) is 15.0 Å². The molecule has 0 heterocycles. The predicted molar refractivity (Wildman–Crippen MR) is 46.3 cm³/mol. The molecule has 0 radical (unpaired) electrons. The zero-order valence-electron chi connectivity index (χ0n) is 6.37. The summed E-state index contributed by atoms with van der Waals surface area (Å²) in [5, 5.41) is 9.29. The number of hydrogen-bond acceptors (Lipinski definition) is 1. The Balaban J connectivity index is 2.60. The van der Waals surface area contributed by atoms with Crippen LogP contribution in [0, 0.1) is 17.2 Å². The second-order valence-corrected chi connectivity index (χ2v) is 3.96. The average Bonchev–Trinajstić information content (AvgIpc) is 2.04. The van der Waals surface area contributed by atoms with E-state index in [1.165, 1.54) is 11.1 Å². The molecule has 11 heavy (non-hydrogen) atoms. The standard InChI is InChI=1S/C9H9NSe/c1-8-2-4-9(5-3-8)6-11-7-10/h2-5H,6H2,1H3. The molecule has 0 saturated heterocycles. The van der Waals surface area contributed by atoms with E-state index in [0.717, 1.165) is 5.32 Å². The monoisotopic (exact) mass is 211 g/mol. The van der Waals surface area contributed by atoms with Crippen molar-refractivity contribution in [2.45, 2.75) is 12.2 Å². The fourth-order valence-electron chi connectivity index (χ4n) is 0.800. The van der Waals surface area contributed by atoms with Crippen molar-refractivity contribution in [3.05, 3.63) is 35.4 Å². The van der Waals surface area contributed by atoms with Gasteiger partial charge in [0.15, 0.2) is 0 Å². The van der Waals surface area contributed by atoms with E-state index >= 15 is 0 Å². The molecule has 1 aromatic rings. The van der Waals surface area contributed by atoms with E-state index in [1.807, 2.05) is 0 Å². The summed E-state index contributed by atoms with van der Waals surface area (Å²) in [5.41, 5.74) is 2.55. The van der Waals surface area contributed by atoms with Gasteiger partial charge in [0.05, 0.1) is 0 Å². The summed E-state index contributed by atoms with van der Waals surface area (Å²) in [6, 6.07) is 8.36. The van der Waals surface area contributed by atoms with Gasteiger partial charge in [0.2, 0.25) is 0 Å². The van der Waals surface area contributed by atoms with E-state index in [1.54, 1.807) is 0 Å². The Kier molecular flexibility index (Phi) is 3.16. The maximum atomic E-state index is 8.36. The Morgan fingerprint density at radius 2 is 2.00 bits per heavy atom. The Morgan fingerprint density at radius 3 is 2.55 bits per heavy atom. The van der Waals surface area contributed by atoms with E-state index in [9.17, 15) is 0 Å². The van der Waals surface area contributed by atoms with Crippen LogP contribution in [0.25, 0.3) is 0 Å². The van der Waals surface area contributed by atoms with Crippen molar-refractivity contribution in [1.82, 2.24) is 0 Å². The van der Waals surface area contributed by atoms with Crippen molar-refractivity contribution in [2.75, 3.05) is 0 Å². The molecule has 1 rings (SSSR count). The first-order valence-electron chi connectivity index (χ1n) is 3.39. The van der Waals surface area contributed by atoms with Crippen LogP contribution in [0.3, 0.4) is 0 Å². The van der Waals surface area contributed by atoms with Crippen LogP contribution >= 0.6 is 0 Å².